The molecule has 0 heterocycles. The van der Waals surface area contributed by atoms with Crippen molar-refractivity contribution in [2.45, 2.75) is 65.6 Å². The van der Waals surface area contributed by atoms with Crippen LogP contribution in [-0.2, 0) is 16.1 Å². The van der Waals surface area contributed by atoms with Crippen LogP contribution in [0.3, 0.4) is 0 Å². The number of carbonyl (C=O) groups is 2. The van der Waals surface area contributed by atoms with Crippen molar-refractivity contribution < 1.29 is 14.3 Å². The number of halogens is 2. The van der Waals surface area contributed by atoms with E-state index in [9.17, 15) is 9.59 Å². The predicted octanol–water partition coefficient (Wildman–Crippen LogP) is 5.83. The van der Waals surface area contributed by atoms with Crippen LogP contribution in [-0.4, -0.2) is 35.4 Å². The highest BCUT2D eigenvalue weighted by atomic mass is 35.5. The van der Waals surface area contributed by atoms with Gasteiger partial charge in [0.2, 0.25) is 5.91 Å². The molecule has 0 fully saturated rings. The van der Waals surface area contributed by atoms with Crippen molar-refractivity contribution in [1.29, 1.82) is 0 Å². The number of ether oxygens (including phenoxy) is 1. The van der Waals surface area contributed by atoms with Crippen LogP contribution in [0.4, 0.5) is 0 Å². The third kappa shape index (κ3) is 6.88. The molecular formula is C25H32Cl2N2O3. The van der Waals surface area contributed by atoms with Gasteiger partial charge in [0.1, 0.15) is 11.8 Å². The van der Waals surface area contributed by atoms with Crippen LogP contribution in [0.15, 0.2) is 42.5 Å². The minimum absolute atomic E-state index is 0.0000259. The fourth-order valence-electron chi connectivity index (χ4n) is 3.21. The molecule has 0 aliphatic rings. The zero-order valence-corrected chi connectivity index (χ0v) is 20.8. The number of amides is 2. The van der Waals surface area contributed by atoms with E-state index in [0.29, 0.717) is 21.4 Å². The van der Waals surface area contributed by atoms with Crippen molar-refractivity contribution in [3.8, 4) is 5.75 Å². The smallest absolute Gasteiger partial charge is 0.261 e. The summed E-state index contributed by atoms with van der Waals surface area (Å²) in [6.07, 6.45) is 0.790. The molecule has 0 aliphatic heterocycles. The average molecular weight is 479 g/mol. The Bertz CT molecular complexity index is 913. The molecule has 32 heavy (non-hydrogen) atoms. The maximum absolute atomic E-state index is 13.3. The van der Waals surface area contributed by atoms with Crippen LogP contribution in [0.1, 0.15) is 58.1 Å². The lowest BCUT2D eigenvalue weighted by molar-refractivity contribution is -0.142. The summed E-state index contributed by atoms with van der Waals surface area (Å²) < 4.78 is 5.88. The lowest BCUT2D eigenvalue weighted by Gasteiger charge is -2.30. The molecule has 2 rings (SSSR count). The molecule has 0 bridgehead atoms. The number of carbonyl (C=O) groups excluding carboxylic acids is 2. The fourth-order valence-corrected chi connectivity index (χ4v) is 3.73. The van der Waals surface area contributed by atoms with Gasteiger partial charge >= 0.3 is 0 Å². The second-order valence-electron chi connectivity index (χ2n) is 8.20. The van der Waals surface area contributed by atoms with E-state index in [4.69, 9.17) is 27.9 Å². The van der Waals surface area contributed by atoms with Crippen LogP contribution in [0.5, 0.6) is 5.75 Å². The topological polar surface area (TPSA) is 58.6 Å². The summed E-state index contributed by atoms with van der Waals surface area (Å²) in [4.78, 5) is 27.5. The third-order valence-electron chi connectivity index (χ3n) is 5.45. The van der Waals surface area contributed by atoms with Crippen LogP contribution in [0.25, 0.3) is 0 Å². The summed E-state index contributed by atoms with van der Waals surface area (Å²) in [7, 11) is 0. The van der Waals surface area contributed by atoms with Gasteiger partial charge in [-0.05, 0) is 49.9 Å². The SMILES string of the molecule is CC[C@@H](C)NC(=O)[C@H](C)N(Cc1c(Cl)cccc1Cl)C(=O)COc1ccccc1C(C)C. The van der Waals surface area contributed by atoms with E-state index in [1.165, 1.54) is 4.90 Å². The van der Waals surface area contributed by atoms with Crippen molar-refractivity contribution in [1.82, 2.24) is 10.2 Å². The Morgan fingerprint density at radius 2 is 1.62 bits per heavy atom. The summed E-state index contributed by atoms with van der Waals surface area (Å²) in [6.45, 7) is 9.64. The van der Waals surface area contributed by atoms with E-state index in [-0.39, 0.29) is 36.9 Å². The Kier molecular flexibility index (Phi) is 9.85. The molecule has 1 N–H and O–H groups in total. The lowest BCUT2D eigenvalue weighted by Crippen LogP contribution is -2.50. The molecule has 0 radical (unpaired) electrons. The zero-order valence-electron chi connectivity index (χ0n) is 19.3. The predicted molar refractivity (Wildman–Crippen MR) is 130 cm³/mol. The van der Waals surface area contributed by atoms with E-state index in [1.54, 1.807) is 25.1 Å². The number of rotatable bonds is 10. The molecule has 0 saturated heterocycles. The quantitative estimate of drug-likeness (QED) is 0.467. The monoisotopic (exact) mass is 478 g/mol. The Balaban J connectivity index is 2.27. The molecular weight excluding hydrogens is 447 g/mol. The van der Waals surface area contributed by atoms with Gasteiger partial charge < -0.3 is 15.0 Å². The van der Waals surface area contributed by atoms with Gasteiger partial charge in [-0.3, -0.25) is 9.59 Å². The van der Waals surface area contributed by atoms with Crippen molar-refractivity contribution >= 4 is 35.0 Å². The second-order valence-corrected chi connectivity index (χ2v) is 9.01. The van der Waals surface area contributed by atoms with Gasteiger partial charge in [0.15, 0.2) is 6.61 Å². The number of nitrogens with one attached hydrogen (secondary N) is 1. The van der Waals surface area contributed by atoms with Crippen LogP contribution >= 0.6 is 23.2 Å². The van der Waals surface area contributed by atoms with Gasteiger partial charge in [0.05, 0.1) is 0 Å². The summed E-state index contributed by atoms with van der Waals surface area (Å²) in [5.41, 5.74) is 1.61. The normalized spacial score (nSPS) is 12.9. The first-order valence-corrected chi connectivity index (χ1v) is 11.7. The molecule has 2 amide bonds. The minimum atomic E-state index is -0.729. The number of benzene rings is 2. The molecule has 2 atom stereocenters. The van der Waals surface area contributed by atoms with Gasteiger partial charge in [-0.2, -0.15) is 0 Å². The van der Waals surface area contributed by atoms with E-state index in [0.717, 1.165) is 12.0 Å². The molecule has 0 aromatic heterocycles. The van der Waals surface area contributed by atoms with E-state index in [2.05, 4.69) is 19.2 Å². The van der Waals surface area contributed by atoms with Crippen molar-refractivity contribution in [2.75, 3.05) is 6.61 Å². The molecule has 5 nitrogen and oxygen atoms in total. The van der Waals surface area contributed by atoms with Gasteiger partial charge in [-0.1, -0.05) is 68.2 Å². The van der Waals surface area contributed by atoms with Gasteiger partial charge in [-0.15, -0.1) is 0 Å². The molecule has 7 heteroatoms. The highest BCUT2D eigenvalue weighted by molar-refractivity contribution is 6.36. The molecule has 0 spiro atoms. The molecule has 0 unspecified atom stereocenters. The van der Waals surface area contributed by atoms with Crippen molar-refractivity contribution in [3.05, 3.63) is 63.6 Å². The van der Waals surface area contributed by atoms with Gasteiger partial charge in [0, 0.05) is 28.2 Å². The Hall–Kier alpha value is -2.24. The first-order valence-electron chi connectivity index (χ1n) is 10.9. The van der Waals surface area contributed by atoms with Crippen LogP contribution in [0.2, 0.25) is 10.0 Å². The first kappa shape index (κ1) is 26.0. The maximum atomic E-state index is 13.3. The first-order chi connectivity index (χ1) is 15.1. The van der Waals surface area contributed by atoms with Crippen LogP contribution in [0, 0.1) is 0 Å². The summed E-state index contributed by atoms with van der Waals surface area (Å²) in [6, 6.07) is 12.1. The highest BCUT2D eigenvalue weighted by Gasteiger charge is 2.28. The largest absolute Gasteiger partial charge is 0.483 e. The lowest BCUT2D eigenvalue weighted by atomic mass is 10.0. The maximum Gasteiger partial charge on any atom is 0.261 e. The molecule has 2 aromatic carbocycles. The Labute approximate surface area is 201 Å². The highest BCUT2D eigenvalue weighted by Crippen LogP contribution is 2.28. The Morgan fingerprint density at radius 3 is 2.22 bits per heavy atom. The number of hydrogen-bond donors (Lipinski definition) is 1. The number of para-hydroxylation sites is 1. The van der Waals surface area contributed by atoms with Crippen molar-refractivity contribution in [3.63, 3.8) is 0 Å². The second kappa shape index (κ2) is 12.1. The summed E-state index contributed by atoms with van der Waals surface area (Å²) in [5, 5.41) is 3.82. The fraction of sp³-hybridized carbons (Fsp3) is 0.440. The van der Waals surface area contributed by atoms with Crippen LogP contribution < -0.4 is 10.1 Å². The van der Waals surface area contributed by atoms with Crippen molar-refractivity contribution in [2.24, 2.45) is 0 Å². The molecule has 174 valence electrons. The zero-order chi connectivity index (χ0) is 23.8. The van der Waals surface area contributed by atoms with Gasteiger partial charge in [-0.25, -0.2) is 0 Å². The standard InChI is InChI=1S/C25H32Cl2N2O3/c1-6-17(4)28-25(31)18(5)29(14-20-21(26)11-9-12-22(20)27)24(30)15-32-23-13-8-7-10-19(23)16(2)3/h7-13,16-18H,6,14-15H2,1-5H3,(H,28,31)/t17-,18+/m1/s1. The van der Waals surface area contributed by atoms with E-state index in [1.807, 2.05) is 38.1 Å². The third-order valence-corrected chi connectivity index (χ3v) is 6.16. The Morgan fingerprint density at radius 1 is 1.00 bits per heavy atom. The summed E-state index contributed by atoms with van der Waals surface area (Å²) >= 11 is 12.7. The molecule has 0 saturated carbocycles. The van der Waals surface area contributed by atoms with Gasteiger partial charge in [0.25, 0.3) is 5.91 Å². The van der Waals surface area contributed by atoms with E-state index < -0.39 is 6.04 Å². The average Bonchev–Trinajstić information content (AvgIpc) is 2.76. The molecule has 0 aliphatic carbocycles. The molecule has 2 aromatic rings. The number of hydrogen-bond acceptors (Lipinski definition) is 3. The van der Waals surface area contributed by atoms with E-state index >= 15 is 0 Å². The summed E-state index contributed by atoms with van der Waals surface area (Å²) in [5.74, 6) is 0.340. The number of nitrogens with zero attached hydrogens (tertiary/aromatic N) is 1. The minimum Gasteiger partial charge on any atom is -0.483 e.